The second-order valence-corrected chi connectivity index (χ2v) is 5.84. The van der Waals surface area contributed by atoms with Crippen molar-refractivity contribution in [2.75, 3.05) is 0 Å². The number of alkyl halides is 3. The van der Waals surface area contributed by atoms with Crippen molar-refractivity contribution in [1.29, 1.82) is 0 Å². The Morgan fingerprint density at radius 2 is 1.88 bits per heavy atom. The molecule has 0 saturated heterocycles. The molecule has 10 heteroatoms. The van der Waals surface area contributed by atoms with E-state index in [2.05, 4.69) is 4.98 Å². The van der Waals surface area contributed by atoms with E-state index in [9.17, 15) is 27.9 Å². The third kappa shape index (κ3) is 5.37. The van der Waals surface area contributed by atoms with E-state index >= 15 is 0 Å². The minimum atomic E-state index is -4.85. The lowest BCUT2D eigenvalue weighted by molar-refractivity contribution is -0.145. The number of aliphatic carboxylic acids is 1. The van der Waals surface area contributed by atoms with Crippen LogP contribution in [0.4, 0.5) is 18.0 Å². The van der Waals surface area contributed by atoms with Crippen LogP contribution in [0.1, 0.15) is 38.1 Å². The molecule has 0 aliphatic carbocycles. The molecule has 0 aromatic carbocycles. The van der Waals surface area contributed by atoms with Crippen LogP contribution in [-0.4, -0.2) is 38.9 Å². The minimum absolute atomic E-state index is 0.651. The van der Waals surface area contributed by atoms with E-state index in [1.54, 1.807) is 0 Å². The zero-order valence-corrected chi connectivity index (χ0v) is 13.1. The van der Waals surface area contributed by atoms with Crippen LogP contribution in [0, 0.1) is 0 Å². The number of hydrogen-bond acceptors (Lipinski definition) is 5. The molecule has 1 aromatic rings. The van der Waals surface area contributed by atoms with Crippen LogP contribution in [0.15, 0.2) is 18.3 Å². The van der Waals surface area contributed by atoms with Crippen LogP contribution < -0.4 is 5.32 Å². The van der Waals surface area contributed by atoms with Crippen LogP contribution in [0.3, 0.4) is 0 Å². The predicted octanol–water partition coefficient (Wildman–Crippen LogP) is 2.11. The van der Waals surface area contributed by atoms with Gasteiger partial charge in [-0.1, -0.05) is 0 Å². The number of carboxylic acid groups (broad SMARTS) is 1. The number of carboxylic acids is 1. The number of carbonyl (C=O) groups excluding carboxylic acids is 1. The van der Waals surface area contributed by atoms with Crippen molar-refractivity contribution in [3.63, 3.8) is 0 Å². The molecule has 0 spiro atoms. The number of amides is 1. The van der Waals surface area contributed by atoms with Crippen molar-refractivity contribution in [3.05, 3.63) is 29.6 Å². The van der Waals surface area contributed by atoms with Gasteiger partial charge < -0.3 is 20.3 Å². The highest BCUT2D eigenvalue weighted by Gasteiger charge is 2.40. The highest BCUT2D eigenvalue weighted by Crippen LogP contribution is 2.34. The molecule has 2 atom stereocenters. The number of pyridine rings is 1. The Kier molecular flexibility index (Phi) is 5.77. The summed E-state index contributed by atoms with van der Waals surface area (Å²) in [6.45, 7) is 4.54. The summed E-state index contributed by atoms with van der Waals surface area (Å²) in [5.74, 6) is -1.74. The van der Waals surface area contributed by atoms with Crippen molar-refractivity contribution < 1.29 is 37.7 Å². The Morgan fingerprint density at radius 3 is 2.33 bits per heavy atom. The summed E-state index contributed by atoms with van der Waals surface area (Å²) in [5.41, 5.74) is -3.16. The molecule has 24 heavy (non-hydrogen) atoms. The second kappa shape index (κ2) is 7.04. The first-order valence-electron chi connectivity index (χ1n) is 6.75. The SMILES string of the molecule is CC(C)(C)OC(=O)N[C@@H](C(=O)O)[C@@H](O)c1ncccc1C(F)(F)F. The summed E-state index contributed by atoms with van der Waals surface area (Å²) in [6, 6.07) is -0.426. The van der Waals surface area contributed by atoms with Crippen molar-refractivity contribution in [2.24, 2.45) is 0 Å². The lowest BCUT2D eigenvalue weighted by Gasteiger charge is -2.25. The first-order chi connectivity index (χ1) is 10.8. The maximum Gasteiger partial charge on any atom is 0.418 e. The van der Waals surface area contributed by atoms with Gasteiger partial charge in [0.25, 0.3) is 0 Å². The molecule has 0 saturated carbocycles. The van der Waals surface area contributed by atoms with Gasteiger partial charge in [-0.2, -0.15) is 13.2 Å². The fraction of sp³-hybridized carbons (Fsp3) is 0.500. The van der Waals surface area contributed by atoms with Gasteiger partial charge in [0.2, 0.25) is 0 Å². The van der Waals surface area contributed by atoms with Crippen LogP contribution >= 0.6 is 0 Å². The van der Waals surface area contributed by atoms with E-state index in [0.717, 1.165) is 12.3 Å². The van der Waals surface area contributed by atoms with Crippen molar-refractivity contribution in [3.8, 4) is 0 Å². The summed E-state index contributed by atoms with van der Waals surface area (Å²) >= 11 is 0. The third-order valence-corrected chi connectivity index (χ3v) is 2.68. The number of nitrogens with zero attached hydrogens (tertiary/aromatic N) is 1. The Bertz CT molecular complexity index is 613. The lowest BCUT2D eigenvalue weighted by atomic mass is 10.0. The number of ether oxygens (including phenoxy) is 1. The van der Waals surface area contributed by atoms with Gasteiger partial charge in [-0.15, -0.1) is 0 Å². The maximum absolute atomic E-state index is 12.9. The van der Waals surface area contributed by atoms with Crippen LogP contribution in [0.25, 0.3) is 0 Å². The van der Waals surface area contributed by atoms with E-state index in [0.29, 0.717) is 6.07 Å². The number of halogens is 3. The van der Waals surface area contributed by atoms with E-state index in [-0.39, 0.29) is 0 Å². The van der Waals surface area contributed by atoms with Crippen molar-refractivity contribution >= 4 is 12.1 Å². The van der Waals surface area contributed by atoms with Gasteiger partial charge in [0.1, 0.15) is 11.7 Å². The highest BCUT2D eigenvalue weighted by atomic mass is 19.4. The molecule has 0 fully saturated rings. The van der Waals surface area contributed by atoms with Crippen LogP contribution in [-0.2, 0) is 15.7 Å². The number of aromatic nitrogens is 1. The Morgan fingerprint density at radius 1 is 1.29 bits per heavy atom. The van der Waals surface area contributed by atoms with E-state index < -0.39 is 47.2 Å². The monoisotopic (exact) mass is 350 g/mol. The van der Waals surface area contributed by atoms with Gasteiger partial charge in [-0.3, -0.25) is 4.98 Å². The topological polar surface area (TPSA) is 109 Å². The van der Waals surface area contributed by atoms with E-state index in [4.69, 9.17) is 9.84 Å². The van der Waals surface area contributed by atoms with Crippen LogP contribution in [0.5, 0.6) is 0 Å². The zero-order chi connectivity index (χ0) is 18.7. The standard InChI is InChI=1S/C14H17F3N2O5/c1-13(2,3)24-12(23)19-9(11(21)22)10(20)8-7(14(15,16)17)5-4-6-18-8/h4-6,9-10,20H,1-3H3,(H,19,23)(H,21,22)/t9-,10+/m1/s1. The lowest BCUT2D eigenvalue weighted by Crippen LogP contribution is -2.47. The van der Waals surface area contributed by atoms with E-state index in [1.165, 1.54) is 20.8 Å². The fourth-order valence-electron chi connectivity index (χ4n) is 1.76. The number of aliphatic hydroxyl groups excluding tert-OH is 1. The molecule has 1 aromatic heterocycles. The number of rotatable bonds is 4. The smallest absolute Gasteiger partial charge is 0.418 e. The molecule has 7 nitrogen and oxygen atoms in total. The Labute approximate surface area is 135 Å². The number of alkyl carbamates (subject to hydrolysis) is 1. The molecule has 0 aliphatic heterocycles. The summed E-state index contributed by atoms with van der Waals surface area (Å²) in [7, 11) is 0. The zero-order valence-electron chi connectivity index (χ0n) is 13.1. The second-order valence-electron chi connectivity index (χ2n) is 5.84. The molecule has 1 heterocycles. The third-order valence-electron chi connectivity index (χ3n) is 2.68. The van der Waals surface area contributed by atoms with Gasteiger partial charge in [-0.25, -0.2) is 9.59 Å². The minimum Gasteiger partial charge on any atom is -0.480 e. The summed E-state index contributed by atoms with van der Waals surface area (Å²) in [6.07, 6.45) is -7.30. The first kappa shape index (κ1) is 19.7. The molecule has 3 N–H and O–H groups in total. The highest BCUT2D eigenvalue weighted by molar-refractivity contribution is 5.80. The average Bonchev–Trinajstić information content (AvgIpc) is 2.41. The molecule has 0 radical (unpaired) electrons. The van der Waals surface area contributed by atoms with Gasteiger partial charge in [0, 0.05) is 6.20 Å². The Balaban J connectivity index is 3.11. The quantitative estimate of drug-likeness (QED) is 0.767. The van der Waals surface area contributed by atoms with Crippen LogP contribution in [0.2, 0.25) is 0 Å². The van der Waals surface area contributed by atoms with Crippen molar-refractivity contribution in [1.82, 2.24) is 10.3 Å². The molecule has 134 valence electrons. The summed E-state index contributed by atoms with van der Waals surface area (Å²) in [5, 5.41) is 21.0. The van der Waals surface area contributed by atoms with Gasteiger partial charge in [0.05, 0.1) is 11.3 Å². The molecule has 1 amide bonds. The molecule has 0 unspecified atom stereocenters. The van der Waals surface area contributed by atoms with Gasteiger partial charge >= 0.3 is 18.2 Å². The average molecular weight is 350 g/mol. The molecular formula is C14H17F3N2O5. The fourth-order valence-corrected chi connectivity index (χ4v) is 1.76. The summed E-state index contributed by atoms with van der Waals surface area (Å²) in [4.78, 5) is 26.3. The number of nitrogens with one attached hydrogen (secondary N) is 1. The summed E-state index contributed by atoms with van der Waals surface area (Å²) < 4.78 is 43.7. The first-order valence-corrected chi connectivity index (χ1v) is 6.75. The molecule has 1 rings (SSSR count). The van der Waals surface area contributed by atoms with Crippen molar-refractivity contribution in [2.45, 2.75) is 44.7 Å². The predicted molar refractivity (Wildman–Crippen MR) is 75.0 cm³/mol. The number of aliphatic hydroxyl groups is 1. The molecule has 0 aliphatic rings. The Hall–Kier alpha value is -2.36. The van der Waals surface area contributed by atoms with Gasteiger partial charge in [0.15, 0.2) is 6.04 Å². The maximum atomic E-state index is 12.9. The largest absolute Gasteiger partial charge is 0.480 e. The normalized spacial score (nSPS) is 14.6. The van der Waals surface area contributed by atoms with E-state index in [1.807, 2.05) is 5.32 Å². The van der Waals surface area contributed by atoms with Gasteiger partial charge in [-0.05, 0) is 32.9 Å². The number of hydrogen-bond donors (Lipinski definition) is 3. The molecule has 0 bridgehead atoms. The molecular weight excluding hydrogens is 333 g/mol. The number of carbonyl (C=O) groups is 2.